The van der Waals surface area contributed by atoms with Crippen LogP contribution in [0.4, 0.5) is 5.69 Å². The van der Waals surface area contributed by atoms with Crippen LogP contribution < -0.4 is 5.32 Å². The number of rotatable bonds is 5. The van der Waals surface area contributed by atoms with Gasteiger partial charge in [0.1, 0.15) is 11.9 Å². The molecule has 0 fully saturated rings. The number of nitro benzene ring substituents is 1. The molecule has 0 saturated heterocycles. The van der Waals surface area contributed by atoms with Crippen molar-refractivity contribution in [3.05, 3.63) is 87.5 Å². The monoisotopic (exact) mass is 351 g/mol. The number of nitrogens with one attached hydrogen (secondary N) is 1. The van der Waals surface area contributed by atoms with Gasteiger partial charge in [0.15, 0.2) is 5.82 Å². The Balaban J connectivity index is 1.92. The summed E-state index contributed by atoms with van der Waals surface area (Å²) in [5, 5.41) is 21.9. The number of carbonyl (C=O) groups is 1. The molecule has 1 N–H and O–H groups in total. The molecule has 26 heavy (non-hydrogen) atoms. The van der Waals surface area contributed by atoms with E-state index >= 15 is 0 Å². The van der Waals surface area contributed by atoms with Crippen molar-refractivity contribution < 1.29 is 9.72 Å². The summed E-state index contributed by atoms with van der Waals surface area (Å²) in [7, 11) is 1.83. The maximum atomic E-state index is 12.7. The summed E-state index contributed by atoms with van der Waals surface area (Å²) in [6.45, 7) is 1.83. The van der Waals surface area contributed by atoms with Crippen LogP contribution in [-0.4, -0.2) is 25.6 Å². The van der Waals surface area contributed by atoms with Gasteiger partial charge in [-0.15, -0.1) is 10.2 Å². The van der Waals surface area contributed by atoms with Gasteiger partial charge in [0, 0.05) is 24.7 Å². The Morgan fingerprint density at radius 1 is 1.12 bits per heavy atom. The molecule has 8 heteroatoms. The van der Waals surface area contributed by atoms with Crippen molar-refractivity contribution in [1.29, 1.82) is 0 Å². The van der Waals surface area contributed by atoms with E-state index in [0.29, 0.717) is 11.4 Å². The maximum absolute atomic E-state index is 12.7. The second kappa shape index (κ2) is 7.14. The molecule has 1 atom stereocenters. The third-order valence-electron chi connectivity index (χ3n) is 4.13. The maximum Gasteiger partial charge on any atom is 0.269 e. The molecule has 2 aromatic carbocycles. The zero-order valence-corrected chi connectivity index (χ0v) is 14.3. The number of hydrogen-bond acceptors (Lipinski definition) is 5. The van der Waals surface area contributed by atoms with Gasteiger partial charge in [0.25, 0.3) is 11.6 Å². The van der Waals surface area contributed by atoms with Crippen LogP contribution in [0.5, 0.6) is 0 Å². The summed E-state index contributed by atoms with van der Waals surface area (Å²) in [4.78, 5) is 22.9. The Morgan fingerprint density at radius 2 is 1.77 bits per heavy atom. The van der Waals surface area contributed by atoms with Gasteiger partial charge in [0.05, 0.1) is 4.92 Å². The first-order chi connectivity index (χ1) is 12.5. The highest BCUT2D eigenvalue weighted by molar-refractivity contribution is 5.94. The lowest BCUT2D eigenvalue weighted by Crippen LogP contribution is -2.31. The number of nitro groups is 1. The van der Waals surface area contributed by atoms with Gasteiger partial charge in [-0.3, -0.25) is 14.9 Å². The van der Waals surface area contributed by atoms with Gasteiger partial charge in [-0.05, 0) is 24.6 Å². The van der Waals surface area contributed by atoms with Crippen LogP contribution in [0.1, 0.15) is 33.6 Å². The number of non-ortho nitro benzene ring substituents is 1. The average molecular weight is 351 g/mol. The lowest BCUT2D eigenvalue weighted by molar-refractivity contribution is -0.384. The first-order valence-electron chi connectivity index (χ1n) is 7.93. The Hall–Kier alpha value is -3.55. The molecule has 0 radical (unpaired) electrons. The predicted octanol–water partition coefficient (Wildman–Crippen LogP) is 2.55. The Morgan fingerprint density at radius 3 is 2.31 bits per heavy atom. The topological polar surface area (TPSA) is 103 Å². The van der Waals surface area contributed by atoms with E-state index in [1.54, 1.807) is 0 Å². The van der Waals surface area contributed by atoms with Crippen molar-refractivity contribution >= 4 is 11.6 Å². The van der Waals surface area contributed by atoms with Crippen LogP contribution >= 0.6 is 0 Å². The average Bonchev–Trinajstić information content (AvgIpc) is 2.99. The molecule has 8 nitrogen and oxygen atoms in total. The van der Waals surface area contributed by atoms with Crippen LogP contribution in [0.3, 0.4) is 0 Å². The minimum absolute atomic E-state index is 0.0647. The van der Waals surface area contributed by atoms with Gasteiger partial charge >= 0.3 is 0 Å². The second-order valence-electron chi connectivity index (χ2n) is 5.79. The van der Waals surface area contributed by atoms with Crippen molar-refractivity contribution in [3.8, 4) is 0 Å². The SMILES string of the molecule is Cc1nnc([C@@H](NC(=O)c2ccc([N+](=O)[O-])cc2)c2ccccc2)n1C. The van der Waals surface area contributed by atoms with E-state index in [4.69, 9.17) is 0 Å². The molecule has 0 saturated carbocycles. The molecule has 0 aliphatic carbocycles. The zero-order chi connectivity index (χ0) is 18.7. The van der Waals surface area contributed by atoms with Gasteiger partial charge in [0.2, 0.25) is 0 Å². The number of carbonyl (C=O) groups excluding carboxylic acids is 1. The molecular weight excluding hydrogens is 334 g/mol. The van der Waals surface area contributed by atoms with Crippen molar-refractivity contribution in [2.24, 2.45) is 7.05 Å². The highest BCUT2D eigenvalue weighted by Crippen LogP contribution is 2.21. The smallest absolute Gasteiger partial charge is 0.269 e. The first kappa shape index (κ1) is 17.3. The van der Waals surface area contributed by atoms with Crippen LogP contribution in [-0.2, 0) is 7.05 Å². The lowest BCUT2D eigenvalue weighted by Gasteiger charge is -2.18. The first-order valence-corrected chi connectivity index (χ1v) is 7.93. The molecule has 3 aromatic rings. The number of aromatic nitrogens is 3. The summed E-state index contributed by atoms with van der Waals surface area (Å²) in [6, 6.07) is 14.4. The summed E-state index contributed by atoms with van der Waals surface area (Å²) >= 11 is 0. The van der Waals surface area contributed by atoms with E-state index in [2.05, 4.69) is 15.5 Å². The fourth-order valence-corrected chi connectivity index (χ4v) is 2.57. The number of nitrogens with zero attached hydrogens (tertiary/aromatic N) is 4. The van der Waals surface area contributed by atoms with E-state index in [0.717, 1.165) is 11.4 Å². The third kappa shape index (κ3) is 3.44. The summed E-state index contributed by atoms with van der Waals surface area (Å²) in [5.74, 6) is 0.976. The van der Waals surface area contributed by atoms with Gasteiger partial charge in [-0.25, -0.2) is 0 Å². The third-order valence-corrected chi connectivity index (χ3v) is 4.13. The zero-order valence-electron chi connectivity index (χ0n) is 14.3. The van der Waals surface area contributed by atoms with Crippen molar-refractivity contribution in [2.45, 2.75) is 13.0 Å². The number of benzene rings is 2. The molecule has 0 aliphatic heterocycles. The molecule has 0 spiro atoms. The summed E-state index contributed by atoms with van der Waals surface area (Å²) in [6.07, 6.45) is 0. The fraction of sp³-hybridized carbons (Fsp3) is 0.167. The highest BCUT2D eigenvalue weighted by atomic mass is 16.6. The minimum Gasteiger partial charge on any atom is -0.338 e. The van der Waals surface area contributed by atoms with Gasteiger partial charge in [-0.1, -0.05) is 30.3 Å². The number of hydrogen-bond donors (Lipinski definition) is 1. The second-order valence-corrected chi connectivity index (χ2v) is 5.79. The number of aryl methyl sites for hydroxylation is 1. The molecule has 1 amide bonds. The molecule has 0 aliphatic rings. The van der Waals surface area contributed by atoms with E-state index in [1.807, 2.05) is 48.9 Å². The van der Waals surface area contributed by atoms with Crippen LogP contribution in [0.2, 0.25) is 0 Å². The Labute approximate surface area is 149 Å². The van der Waals surface area contributed by atoms with Crippen LogP contribution in [0.25, 0.3) is 0 Å². The standard InChI is InChI=1S/C18H17N5O3/c1-12-20-21-17(22(12)2)16(13-6-4-3-5-7-13)19-18(24)14-8-10-15(11-9-14)23(25)26/h3-11,16H,1-2H3,(H,19,24)/t16-/m0/s1. The van der Waals surface area contributed by atoms with Crippen molar-refractivity contribution in [1.82, 2.24) is 20.1 Å². The normalized spacial score (nSPS) is 11.8. The number of amides is 1. The quantitative estimate of drug-likeness (QED) is 0.562. The minimum atomic E-state index is -0.503. The summed E-state index contributed by atoms with van der Waals surface area (Å²) < 4.78 is 1.81. The van der Waals surface area contributed by atoms with Crippen molar-refractivity contribution in [2.75, 3.05) is 0 Å². The molecule has 3 rings (SSSR count). The molecule has 1 heterocycles. The van der Waals surface area contributed by atoms with Gasteiger partial charge < -0.3 is 9.88 Å². The van der Waals surface area contributed by atoms with E-state index in [9.17, 15) is 14.9 Å². The van der Waals surface area contributed by atoms with E-state index < -0.39 is 11.0 Å². The molecule has 132 valence electrons. The molecular formula is C18H17N5O3. The Bertz CT molecular complexity index is 935. The van der Waals surface area contributed by atoms with E-state index in [-0.39, 0.29) is 11.6 Å². The predicted molar refractivity (Wildman–Crippen MR) is 94.6 cm³/mol. The van der Waals surface area contributed by atoms with Gasteiger partial charge in [-0.2, -0.15) is 0 Å². The van der Waals surface area contributed by atoms with Crippen molar-refractivity contribution in [3.63, 3.8) is 0 Å². The van der Waals surface area contributed by atoms with Crippen LogP contribution in [0.15, 0.2) is 54.6 Å². The largest absolute Gasteiger partial charge is 0.338 e. The highest BCUT2D eigenvalue weighted by Gasteiger charge is 2.23. The van der Waals surface area contributed by atoms with E-state index in [1.165, 1.54) is 24.3 Å². The van der Waals surface area contributed by atoms with Crippen LogP contribution in [0, 0.1) is 17.0 Å². The molecule has 1 aromatic heterocycles. The molecule has 0 unspecified atom stereocenters. The Kier molecular flexibility index (Phi) is 4.74. The summed E-state index contributed by atoms with van der Waals surface area (Å²) in [5.41, 5.74) is 1.12. The lowest BCUT2D eigenvalue weighted by atomic mass is 10.1. The molecule has 0 bridgehead atoms. The fourth-order valence-electron chi connectivity index (χ4n) is 2.57.